The van der Waals surface area contributed by atoms with Gasteiger partial charge in [0, 0.05) is 5.92 Å². The van der Waals surface area contributed by atoms with Crippen LogP contribution in [0.1, 0.15) is 42.9 Å². The monoisotopic (exact) mass is 324 g/mol. The molecule has 0 spiro atoms. The zero-order chi connectivity index (χ0) is 17.2. The maximum atomic E-state index is 12.2. The highest BCUT2D eigenvalue weighted by molar-refractivity contribution is 5.77. The van der Waals surface area contributed by atoms with Crippen LogP contribution in [0.2, 0.25) is 0 Å². The number of rotatable bonds is 5. The van der Waals surface area contributed by atoms with Crippen LogP contribution in [-0.4, -0.2) is 13.1 Å². The number of ether oxygens (including phenoxy) is 2. The van der Waals surface area contributed by atoms with E-state index in [2.05, 4.69) is 24.3 Å². The smallest absolute Gasteiger partial charge is 0.311 e. The predicted octanol–water partition coefficient (Wildman–Crippen LogP) is 4.49. The summed E-state index contributed by atoms with van der Waals surface area (Å²) in [6.45, 7) is 4.48. The first-order chi connectivity index (χ1) is 11.5. The van der Waals surface area contributed by atoms with Gasteiger partial charge in [-0.15, -0.1) is 0 Å². The predicted molar refractivity (Wildman–Crippen MR) is 94.1 cm³/mol. The number of hydrogen-bond donors (Lipinski definition) is 0. The number of carbonyl (C=O) groups is 1. The van der Waals surface area contributed by atoms with E-state index in [4.69, 9.17) is 9.47 Å². The third-order valence-corrected chi connectivity index (χ3v) is 5.03. The normalized spacial score (nSPS) is 16.5. The Morgan fingerprint density at radius 3 is 2.62 bits per heavy atom. The third-order valence-electron chi connectivity index (χ3n) is 5.03. The number of benzene rings is 2. The lowest BCUT2D eigenvalue weighted by Crippen LogP contribution is -2.31. The average molecular weight is 324 g/mol. The second-order valence-electron chi connectivity index (χ2n) is 6.94. The van der Waals surface area contributed by atoms with Gasteiger partial charge in [-0.1, -0.05) is 36.4 Å². The minimum atomic E-state index is -0.530. The molecule has 3 nitrogen and oxygen atoms in total. The number of fused-ring (bicyclic) bond motifs is 1. The van der Waals surface area contributed by atoms with Crippen molar-refractivity contribution in [3.8, 4) is 5.75 Å². The summed E-state index contributed by atoms with van der Waals surface area (Å²) in [6.07, 6.45) is 1.97. The van der Waals surface area contributed by atoms with Crippen molar-refractivity contribution in [2.24, 2.45) is 5.41 Å². The molecular formula is C21H24O3. The van der Waals surface area contributed by atoms with Crippen LogP contribution >= 0.6 is 0 Å². The van der Waals surface area contributed by atoms with Crippen LogP contribution in [0.5, 0.6) is 5.75 Å². The molecule has 1 aliphatic carbocycles. The lowest BCUT2D eigenvalue weighted by molar-refractivity contribution is -0.152. The van der Waals surface area contributed by atoms with Crippen LogP contribution in [0.3, 0.4) is 0 Å². The minimum absolute atomic E-state index is 0.157. The maximum Gasteiger partial charge on any atom is 0.311 e. The Morgan fingerprint density at radius 2 is 1.92 bits per heavy atom. The van der Waals surface area contributed by atoms with Gasteiger partial charge in [0.05, 0.1) is 12.5 Å². The Morgan fingerprint density at radius 1 is 1.17 bits per heavy atom. The summed E-state index contributed by atoms with van der Waals surface area (Å²) in [6, 6.07) is 16.4. The quantitative estimate of drug-likeness (QED) is 0.760. The van der Waals surface area contributed by atoms with Crippen molar-refractivity contribution in [1.29, 1.82) is 0 Å². The molecule has 3 rings (SSSR count). The highest BCUT2D eigenvalue weighted by Gasteiger charge is 2.42. The molecule has 0 radical (unpaired) electrons. The largest absolute Gasteiger partial charge is 0.489 e. The molecule has 3 heteroatoms. The SMILES string of the molecule is COC(=O)C(C)(C)[C@@H]1CCc2ccc(OCc3ccccc3)cc21. The van der Waals surface area contributed by atoms with Crippen LogP contribution in [0.15, 0.2) is 48.5 Å². The van der Waals surface area contributed by atoms with Crippen molar-refractivity contribution in [3.05, 3.63) is 65.2 Å². The number of methoxy groups -OCH3 is 1. The van der Waals surface area contributed by atoms with E-state index < -0.39 is 5.41 Å². The van der Waals surface area contributed by atoms with Crippen LogP contribution in [0, 0.1) is 5.41 Å². The van der Waals surface area contributed by atoms with Crippen molar-refractivity contribution < 1.29 is 14.3 Å². The van der Waals surface area contributed by atoms with Crippen LogP contribution in [0.25, 0.3) is 0 Å². The van der Waals surface area contributed by atoms with Crippen LogP contribution < -0.4 is 4.74 Å². The van der Waals surface area contributed by atoms with Gasteiger partial charge in [-0.3, -0.25) is 4.79 Å². The summed E-state index contributed by atoms with van der Waals surface area (Å²) < 4.78 is 11.0. The zero-order valence-electron chi connectivity index (χ0n) is 14.5. The minimum Gasteiger partial charge on any atom is -0.489 e. The number of hydrogen-bond acceptors (Lipinski definition) is 3. The molecule has 0 bridgehead atoms. The molecule has 2 aromatic carbocycles. The van der Waals surface area contributed by atoms with Crippen LogP contribution in [0.4, 0.5) is 0 Å². The van der Waals surface area contributed by atoms with E-state index >= 15 is 0 Å². The molecule has 0 aliphatic heterocycles. The highest BCUT2D eigenvalue weighted by atomic mass is 16.5. The molecule has 2 aromatic rings. The Balaban J connectivity index is 1.80. The molecule has 0 aromatic heterocycles. The van der Waals surface area contributed by atoms with Crippen molar-refractivity contribution in [3.63, 3.8) is 0 Å². The van der Waals surface area contributed by atoms with Gasteiger partial charge in [0.25, 0.3) is 0 Å². The van der Waals surface area contributed by atoms with Crippen molar-refractivity contribution in [2.45, 2.75) is 39.2 Å². The summed E-state index contributed by atoms with van der Waals surface area (Å²) in [5, 5.41) is 0. The lowest BCUT2D eigenvalue weighted by Gasteiger charge is -2.29. The van der Waals surface area contributed by atoms with E-state index in [0.29, 0.717) is 6.61 Å². The molecule has 0 saturated carbocycles. The van der Waals surface area contributed by atoms with Gasteiger partial charge in [0.1, 0.15) is 12.4 Å². The Labute approximate surface area is 143 Å². The molecule has 126 valence electrons. The topological polar surface area (TPSA) is 35.5 Å². The fraction of sp³-hybridized carbons (Fsp3) is 0.381. The highest BCUT2D eigenvalue weighted by Crippen LogP contribution is 2.46. The lowest BCUT2D eigenvalue weighted by atomic mass is 9.75. The Hall–Kier alpha value is -2.29. The van der Waals surface area contributed by atoms with Crippen molar-refractivity contribution in [1.82, 2.24) is 0 Å². The van der Waals surface area contributed by atoms with Crippen molar-refractivity contribution in [2.75, 3.05) is 7.11 Å². The van der Waals surface area contributed by atoms with Gasteiger partial charge < -0.3 is 9.47 Å². The first kappa shape index (κ1) is 16.6. The van der Waals surface area contributed by atoms with Gasteiger partial charge in [0.15, 0.2) is 0 Å². The van der Waals surface area contributed by atoms with Gasteiger partial charge in [-0.25, -0.2) is 0 Å². The first-order valence-corrected chi connectivity index (χ1v) is 8.40. The van der Waals surface area contributed by atoms with Crippen molar-refractivity contribution >= 4 is 5.97 Å². The van der Waals surface area contributed by atoms with E-state index in [1.54, 1.807) is 0 Å². The second kappa shape index (κ2) is 6.68. The first-order valence-electron chi connectivity index (χ1n) is 8.40. The van der Waals surface area contributed by atoms with Gasteiger partial charge in [0.2, 0.25) is 0 Å². The summed E-state index contributed by atoms with van der Waals surface area (Å²) in [5.41, 5.74) is 3.14. The number of esters is 1. The maximum absolute atomic E-state index is 12.2. The van der Waals surface area contributed by atoms with E-state index in [0.717, 1.165) is 24.2 Å². The molecule has 0 heterocycles. The fourth-order valence-corrected chi connectivity index (χ4v) is 3.57. The van der Waals surface area contributed by atoms with Gasteiger partial charge >= 0.3 is 5.97 Å². The van der Waals surface area contributed by atoms with E-state index in [-0.39, 0.29) is 11.9 Å². The summed E-state index contributed by atoms with van der Waals surface area (Å²) in [4.78, 5) is 12.2. The fourth-order valence-electron chi connectivity index (χ4n) is 3.57. The summed E-state index contributed by atoms with van der Waals surface area (Å²) in [7, 11) is 1.46. The standard InChI is InChI=1S/C21H24O3/c1-21(2,20(22)23-3)19-12-10-16-9-11-17(13-18(16)19)24-14-15-7-5-4-6-8-15/h4-9,11,13,19H,10,12,14H2,1-3H3/t19-/m1/s1. The van der Waals surface area contributed by atoms with E-state index in [1.807, 2.05) is 38.1 Å². The second-order valence-corrected chi connectivity index (χ2v) is 6.94. The zero-order valence-corrected chi connectivity index (χ0v) is 14.5. The van der Waals surface area contributed by atoms with Gasteiger partial charge in [-0.05, 0) is 55.5 Å². The molecule has 1 atom stereocenters. The molecule has 0 unspecified atom stereocenters. The Bertz CT molecular complexity index is 719. The average Bonchev–Trinajstić information content (AvgIpc) is 3.04. The molecular weight excluding hydrogens is 300 g/mol. The van der Waals surface area contributed by atoms with E-state index in [9.17, 15) is 4.79 Å². The Kier molecular flexibility index (Phi) is 4.61. The van der Waals surface area contributed by atoms with Crippen LogP contribution in [-0.2, 0) is 22.6 Å². The van der Waals surface area contributed by atoms with E-state index in [1.165, 1.54) is 18.2 Å². The molecule has 0 saturated heterocycles. The number of carbonyl (C=O) groups excluding carboxylic acids is 1. The molecule has 0 fully saturated rings. The summed E-state index contributed by atoms with van der Waals surface area (Å²) in [5.74, 6) is 0.862. The third kappa shape index (κ3) is 3.16. The molecule has 24 heavy (non-hydrogen) atoms. The summed E-state index contributed by atoms with van der Waals surface area (Å²) >= 11 is 0. The van der Waals surface area contributed by atoms with Gasteiger partial charge in [-0.2, -0.15) is 0 Å². The number of aryl methyl sites for hydroxylation is 1. The molecule has 0 amide bonds. The molecule has 1 aliphatic rings. The molecule has 0 N–H and O–H groups in total.